The monoisotopic (exact) mass is 1530 g/mol. The molecule has 0 rings (SSSR count). The molecule has 0 amide bonds. The predicted octanol–water partition coefficient (Wildman–Crippen LogP) is 32.1. The summed E-state index contributed by atoms with van der Waals surface area (Å²) in [6, 6.07) is 0.794. The number of aliphatic carboxylic acids is 2. The van der Waals surface area contributed by atoms with E-state index in [1.165, 1.54) is 514 Å². The van der Waals surface area contributed by atoms with Crippen LogP contribution in [0.4, 0.5) is 0 Å². The van der Waals surface area contributed by atoms with Gasteiger partial charge >= 0.3 is 37.7 Å². The summed E-state index contributed by atoms with van der Waals surface area (Å²) in [5.41, 5.74) is 0. The zero-order valence-corrected chi connectivity index (χ0v) is 77.2. The summed E-state index contributed by atoms with van der Waals surface area (Å²) in [4.78, 5) is 27.7. The summed E-state index contributed by atoms with van der Waals surface area (Å²) in [5.74, 6) is -1.78. The van der Waals surface area contributed by atoms with E-state index in [1.807, 2.05) is 0 Å². The molecule has 0 heterocycles. The molecule has 0 N–H and O–H groups in total. The first kappa shape index (κ1) is 111. The Labute approximate surface area is 705 Å². The summed E-state index contributed by atoms with van der Waals surface area (Å²) in [6.45, 7) is 18.3. The van der Waals surface area contributed by atoms with Crippen molar-refractivity contribution in [3.8, 4) is 0 Å². The molecule has 6 nitrogen and oxygen atoms in total. The van der Waals surface area contributed by atoms with Crippen LogP contribution in [0.1, 0.15) is 594 Å². The third-order valence-corrected chi connectivity index (χ3v) is 24.5. The molecule has 0 aromatic carbocycles. The number of nitrogens with zero attached hydrogens (tertiary/aromatic N) is 2. The largest absolute Gasteiger partial charge is 2.00 e. The van der Waals surface area contributed by atoms with Gasteiger partial charge in [-0.05, 0) is 90.4 Å². The van der Waals surface area contributed by atoms with Crippen molar-refractivity contribution in [2.24, 2.45) is 0 Å². The van der Waals surface area contributed by atoms with Gasteiger partial charge in [0.25, 0.3) is 0 Å². The van der Waals surface area contributed by atoms with Crippen LogP contribution in [0, 0.1) is 0 Å². The van der Waals surface area contributed by atoms with E-state index in [2.05, 4.69) is 51.3 Å². The number of carbonyl (C=O) groups excluding carboxylic acids is 2. The van der Waals surface area contributed by atoms with Crippen molar-refractivity contribution >= 4 is 49.7 Å². The molecular weight excluding hydrogens is 1330 g/mol. The van der Waals surface area contributed by atoms with Gasteiger partial charge in [0.1, 0.15) is 0 Å². The Kier molecular flexibility index (Phi) is 104. The van der Waals surface area contributed by atoms with Crippen LogP contribution in [0.5, 0.6) is 0 Å². The van der Waals surface area contributed by atoms with Gasteiger partial charge < -0.3 is 29.6 Å². The number of carbonyl (C=O) groups is 2. The molecule has 2 atom stereocenters. The van der Waals surface area contributed by atoms with E-state index in [9.17, 15) is 19.8 Å². The molecule has 0 aromatic rings. The summed E-state index contributed by atoms with van der Waals surface area (Å²) in [5, 5.41) is 22.4. The van der Waals surface area contributed by atoms with Crippen molar-refractivity contribution in [2.45, 2.75) is 606 Å². The van der Waals surface area contributed by atoms with Crippen molar-refractivity contribution in [3.05, 3.63) is 0 Å². The number of unbranched alkanes of at least 4 members (excludes halogenated alkanes) is 76. The van der Waals surface area contributed by atoms with Crippen LogP contribution in [-0.2, 0) is 9.59 Å². The van der Waals surface area contributed by atoms with Gasteiger partial charge in [0, 0.05) is 24.0 Å². The Bertz CT molecular complexity index is 1390. The average Bonchev–Trinajstić information content (AvgIpc) is 0.941. The molecule has 107 heavy (non-hydrogen) atoms. The number of hydrogen-bond acceptors (Lipinski definition) is 6. The summed E-state index contributed by atoms with van der Waals surface area (Å²) >= 11 is 0. The number of hydrogen-bond donors (Lipinski definition) is 0. The second-order valence-corrected chi connectivity index (χ2v) is 34.9. The third kappa shape index (κ3) is 94.9. The Hall–Kier alpha value is 0.120. The van der Waals surface area contributed by atoms with E-state index in [-0.39, 0.29) is 50.6 Å². The number of rotatable bonds is 94. The van der Waals surface area contributed by atoms with E-state index >= 15 is 0 Å². The quantitative estimate of drug-likeness (QED) is 0.0445. The third-order valence-electron chi connectivity index (χ3n) is 24.5. The van der Waals surface area contributed by atoms with Crippen LogP contribution in [0.3, 0.4) is 0 Å². The molecule has 0 radical (unpaired) electrons. The van der Waals surface area contributed by atoms with E-state index < -0.39 is 11.9 Å². The molecule has 2 unspecified atom stereocenters. The van der Waals surface area contributed by atoms with Crippen molar-refractivity contribution in [1.29, 1.82) is 0 Å². The standard InChI is InChI=1S/2C50H101NO2.Ca/c2*1-4-7-9-11-13-15-17-19-21-23-25-27-29-31-33-35-37-39-41-43-47-51(49(6-3)45-46-50(52)53)48-44-42-40-38-36-34-32-30-28-26-24-22-20-18-16-14-12-10-8-5-2;/h2*49H,4-48H2,1-3H3,(H,52,53);/q;;+2/p-2. The molecule has 0 aliphatic rings. The van der Waals surface area contributed by atoms with Crippen LogP contribution in [0.25, 0.3) is 0 Å². The van der Waals surface area contributed by atoms with E-state index in [4.69, 9.17) is 0 Å². The maximum Gasteiger partial charge on any atom is 2.00 e. The molecular formula is C100H200CaN2O4. The molecule has 0 aliphatic heterocycles. The molecule has 7 heteroatoms. The first-order valence-corrected chi connectivity index (χ1v) is 50.2. The van der Waals surface area contributed by atoms with E-state index in [1.54, 1.807) is 0 Å². The molecule has 0 saturated carbocycles. The average molecular weight is 1530 g/mol. The normalized spacial score (nSPS) is 12.2. The van der Waals surface area contributed by atoms with Gasteiger partial charge in [0.15, 0.2) is 0 Å². The summed E-state index contributed by atoms with van der Waals surface area (Å²) in [6.07, 6.45) is 118. The van der Waals surface area contributed by atoms with Gasteiger partial charge in [-0.2, -0.15) is 0 Å². The summed E-state index contributed by atoms with van der Waals surface area (Å²) in [7, 11) is 0. The first-order valence-electron chi connectivity index (χ1n) is 50.2. The SMILES string of the molecule is CCCCCCCCCCCCCCCCCCCCCCN(CCCCCCCCCCCCCCCCCCCCCC)C(CC)CCC(=O)[O-].CCCCCCCCCCCCCCCCCCCCCCN(CCCCCCCCCCCCCCCCCCCCCC)C(CC)CCC(=O)[O-].[Ca+2]. The van der Waals surface area contributed by atoms with Crippen molar-refractivity contribution in [2.75, 3.05) is 26.2 Å². The van der Waals surface area contributed by atoms with Gasteiger partial charge in [-0.1, -0.05) is 530 Å². The fraction of sp³-hybridized carbons (Fsp3) is 0.980. The predicted molar refractivity (Wildman–Crippen MR) is 478 cm³/mol. The van der Waals surface area contributed by atoms with Gasteiger partial charge in [-0.3, -0.25) is 0 Å². The molecule has 0 bridgehead atoms. The minimum Gasteiger partial charge on any atom is -0.550 e. The smallest absolute Gasteiger partial charge is 0.550 e. The van der Waals surface area contributed by atoms with Gasteiger partial charge in [0.2, 0.25) is 0 Å². The van der Waals surface area contributed by atoms with Crippen LogP contribution >= 0.6 is 0 Å². The summed E-state index contributed by atoms with van der Waals surface area (Å²) < 4.78 is 0. The maximum atomic E-state index is 11.2. The zero-order chi connectivity index (χ0) is 77.1. The minimum atomic E-state index is -0.888. The topological polar surface area (TPSA) is 86.7 Å². The van der Waals surface area contributed by atoms with Crippen LogP contribution in [0.2, 0.25) is 0 Å². The van der Waals surface area contributed by atoms with Gasteiger partial charge in [-0.15, -0.1) is 0 Å². The van der Waals surface area contributed by atoms with Crippen LogP contribution in [0.15, 0.2) is 0 Å². The first-order chi connectivity index (χ1) is 52.3. The van der Waals surface area contributed by atoms with E-state index in [0.29, 0.717) is 12.1 Å². The Morgan fingerprint density at radius 3 is 0.383 bits per heavy atom. The fourth-order valence-electron chi connectivity index (χ4n) is 17.1. The molecule has 0 aliphatic carbocycles. The van der Waals surface area contributed by atoms with E-state index in [0.717, 1.165) is 51.9 Å². The second kappa shape index (κ2) is 100. The van der Waals surface area contributed by atoms with Gasteiger partial charge in [0.05, 0.1) is 0 Å². The minimum absolute atomic E-state index is 0. The van der Waals surface area contributed by atoms with Crippen LogP contribution < -0.4 is 10.2 Å². The van der Waals surface area contributed by atoms with Gasteiger partial charge in [-0.25, -0.2) is 0 Å². The molecule has 0 fully saturated rings. The Morgan fingerprint density at radius 1 is 0.187 bits per heavy atom. The maximum absolute atomic E-state index is 11.2. The fourth-order valence-corrected chi connectivity index (χ4v) is 17.1. The second-order valence-electron chi connectivity index (χ2n) is 34.9. The molecule has 0 aromatic heterocycles. The van der Waals surface area contributed by atoms with Crippen LogP contribution in [-0.4, -0.2) is 97.7 Å². The Morgan fingerprint density at radius 2 is 0.290 bits per heavy atom. The van der Waals surface area contributed by atoms with Crippen molar-refractivity contribution in [1.82, 2.24) is 9.80 Å². The van der Waals surface area contributed by atoms with Crippen molar-refractivity contribution in [3.63, 3.8) is 0 Å². The number of carboxylic acids is 2. The Balaban J connectivity index is -0.00000200. The molecule has 0 saturated heterocycles. The number of carboxylic acid groups (broad SMARTS) is 2. The molecule has 0 spiro atoms. The zero-order valence-electron chi connectivity index (χ0n) is 75.0. The molecule has 636 valence electrons. The van der Waals surface area contributed by atoms with Crippen molar-refractivity contribution < 1.29 is 19.8 Å².